The van der Waals surface area contributed by atoms with Crippen LogP contribution in [0.2, 0.25) is 0 Å². The predicted octanol–water partition coefficient (Wildman–Crippen LogP) is 0.419. The average molecular weight is 926 g/mol. The van der Waals surface area contributed by atoms with E-state index in [9.17, 15) is 58.2 Å². The summed E-state index contributed by atoms with van der Waals surface area (Å²) in [6, 6.07) is -10.3. The number of aliphatic carboxylic acids is 2. The lowest BCUT2D eigenvalue weighted by molar-refractivity contribution is -0.143. The highest BCUT2D eigenvalue weighted by atomic mass is 16.4. The molecule has 0 aromatic carbocycles. The van der Waals surface area contributed by atoms with E-state index in [4.69, 9.17) is 11.5 Å². The van der Waals surface area contributed by atoms with E-state index >= 15 is 0 Å². The van der Waals surface area contributed by atoms with Crippen molar-refractivity contribution < 1.29 is 58.2 Å². The molecule has 0 aliphatic rings. The molecule has 8 atom stereocenters. The fourth-order valence-corrected chi connectivity index (χ4v) is 6.74. The summed E-state index contributed by atoms with van der Waals surface area (Å²) in [6.07, 6.45) is -0.516. The molecular formula is C44H79N9O12. The largest absolute Gasteiger partial charge is 0.481 e. The van der Waals surface area contributed by atoms with Gasteiger partial charge in [0.1, 0.15) is 42.3 Å². The third-order valence-corrected chi connectivity index (χ3v) is 9.98. The molecule has 0 rings (SSSR count). The van der Waals surface area contributed by atoms with Gasteiger partial charge in [0, 0.05) is 6.42 Å². The van der Waals surface area contributed by atoms with Crippen LogP contribution in [0.25, 0.3) is 0 Å². The summed E-state index contributed by atoms with van der Waals surface area (Å²) >= 11 is 0. The first-order chi connectivity index (χ1) is 29.9. The summed E-state index contributed by atoms with van der Waals surface area (Å²) in [6.45, 7) is 21.2. The van der Waals surface area contributed by atoms with Crippen molar-refractivity contribution in [3.8, 4) is 0 Å². The quantitative estimate of drug-likeness (QED) is 0.0450. The minimum absolute atomic E-state index is 0.0396. The van der Waals surface area contributed by atoms with Crippen LogP contribution < -0.4 is 48.7 Å². The van der Waals surface area contributed by atoms with Crippen molar-refractivity contribution in [1.82, 2.24) is 37.2 Å². The second-order valence-electron chi connectivity index (χ2n) is 19.3. The van der Waals surface area contributed by atoms with Gasteiger partial charge < -0.3 is 58.9 Å². The average Bonchev–Trinajstić information content (AvgIpc) is 3.15. The fourth-order valence-electron chi connectivity index (χ4n) is 6.74. The number of primary amides is 1. The molecule has 8 amide bonds. The SMILES string of the molecule is CC(C)C[C@H](NC(=O)[C@H](CC(C)C)NC(=O)[C@H](CC(=O)O)NC(=O)[C@@H](NC(=O)[C@H](CC(C)C)NC(=O)[C@H](CC(C)C)NC(=O)[C@H](CC(C)C)NC(=O)[C@@H](N)CCC(N)=O)C(C)C)C(=O)O. The monoisotopic (exact) mass is 926 g/mol. The lowest BCUT2D eigenvalue weighted by Crippen LogP contribution is -2.61. The van der Waals surface area contributed by atoms with E-state index in [0.29, 0.717) is 0 Å². The number of rotatable bonds is 31. The maximum Gasteiger partial charge on any atom is 0.326 e. The van der Waals surface area contributed by atoms with E-state index in [2.05, 4.69) is 37.2 Å². The molecule has 0 aromatic heterocycles. The lowest BCUT2D eigenvalue weighted by Gasteiger charge is -2.30. The minimum atomic E-state index is -1.73. The standard InChI is InChI=1S/C44H79N9O12/c1-21(2)15-28(47-37(57)27(45)13-14-34(46)54)38(58)48-29(16-22(3)4)39(59)50-31(18-24(7)8)42(62)53-36(26(11)12)43(63)51-32(20-35(55)56)41(61)49-30(17-23(5)6)40(60)52-33(44(64)65)19-25(9)10/h21-33,36H,13-20,45H2,1-12H3,(H2,46,54)(H,47,57)(H,48,58)(H,49,61)(H,50,59)(H,51,63)(H,52,60)(H,53,62)(H,55,56)(H,64,65)/t27-,28-,29-,30-,31-,32-,33-,36-/m0/s1. The van der Waals surface area contributed by atoms with Crippen LogP contribution in [0.1, 0.15) is 134 Å². The van der Waals surface area contributed by atoms with Crippen molar-refractivity contribution in [1.29, 1.82) is 0 Å². The first-order valence-corrected chi connectivity index (χ1v) is 22.6. The minimum Gasteiger partial charge on any atom is -0.481 e. The Bertz CT molecular complexity index is 1640. The third kappa shape index (κ3) is 24.5. The second-order valence-corrected chi connectivity index (χ2v) is 19.3. The number of nitrogens with one attached hydrogen (secondary N) is 7. The topological polar surface area (TPSA) is 347 Å². The Labute approximate surface area is 383 Å². The number of carbonyl (C=O) groups is 10. The molecule has 0 saturated heterocycles. The molecule has 0 bridgehead atoms. The van der Waals surface area contributed by atoms with Crippen LogP contribution in [0.4, 0.5) is 0 Å². The van der Waals surface area contributed by atoms with Crippen molar-refractivity contribution in [3.05, 3.63) is 0 Å². The molecule has 0 fully saturated rings. The number of amides is 8. The van der Waals surface area contributed by atoms with Crippen molar-refractivity contribution in [2.75, 3.05) is 0 Å². The zero-order valence-electron chi connectivity index (χ0n) is 40.4. The smallest absolute Gasteiger partial charge is 0.326 e. The van der Waals surface area contributed by atoms with Crippen molar-refractivity contribution in [2.45, 2.75) is 183 Å². The van der Waals surface area contributed by atoms with E-state index in [1.54, 1.807) is 55.4 Å². The van der Waals surface area contributed by atoms with Crippen LogP contribution in [0.3, 0.4) is 0 Å². The van der Waals surface area contributed by atoms with Crippen molar-refractivity contribution >= 4 is 59.2 Å². The van der Waals surface area contributed by atoms with E-state index in [0.717, 1.165) is 0 Å². The maximum atomic E-state index is 14.0. The Morgan fingerprint density at radius 2 is 0.708 bits per heavy atom. The Morgan fingerprint density at radius 1 is 0.415 bits per heavy atom. The van der Waals surface area contributed by atoms with Crippen molar-refractivity contribution in [3.63, 3.8) is 0 Å². The number of carboxylic acid groups (broad SMARTS) is 2. The predicted molar refractivity (Wildman–Crippen MR) is 242 cm³/mol. The molecule has 372 valence electrons. The number of hydrogen-bond donors (Lipinski definition) is 11. The molecule has 0 aliphatic heterocycles. The number of carbonyl (C=O) groups excluding carboxylic acids is 8. The highest BCUT2D eigenvalue weighted by Gasteiger charge is 2.36. The zero-order valence-corrected chi connectivity index (χ0v) is 40.4. The summed E-state index contributed by atoms with van der Waals surface area (Å²) in [5, 5.41) is 37.3. The maximum absolute atomic E-state index is 14.0. The van der Waals surface area contributed by atoms with Gasteiger partial charge in [-0.15, -0.1) is 0 Å². The number of nitrogens with two attached hydrogens (primary N) is 2. The van der Waals surface area contributed by atoms with Crippen molar-refractivity contribution in [2.24, 2.45) is 47.0 Å². The fraction of sp³-hybridized carbons (Fsp3) is 0.773. The van der Waals surface area contributed by atoms with E-state index in [-0.39, 0.29) is 74.5 Å². The first kappa shape index (κ1) is 59.7. The molecule has 0 spiro atoms. The first-order valence-electron chi connectivity index (χ1n) is 22.6. The molecule has 0 radical (unpaired) electrons. The Kier molecular flexibility index (Phi) is 26.8. The summed E-state index contributed by atoms with van der Waals surface area (Å²) in [5.41, 5.74) is 11.1. The molecule has 0 aromatic rings. The van der Waals surface area contributed by atoms with Gasteiger partial charge >= 0.3 is 11.9 Å². The molecular weight excluding hydrogens is 847 g/mol. The molecule has 21 nitrogen and oxygen atoms in total. The summed E-state index contributed by atoms with van der Waals surface area (Å²) in [4.78, 5) is 130. The van der Waals surface area contributed by atoms with Crippen LogP contribution in [0.5, 0.6) is 0 Å². The van der Waals surface area contributed by atoms with Gasteiger partial charge in [0.25, 0.3) is 0 Å². The molecule has 21 heteroatoms. The van der Waals surface area contributed by atoms with Crippen LogP contribution in [-0.4, -0.2) is 118 Å². The molecule has 0 saturated carbocycles. The highest BCUT2D eigenvalue weighted by molar-refractivity contribution is 5.98. The van der Waals surface area contributed by atoms with Crippen LogP contribution >= 0.6 is 0 Å². The summed E-state index contributed by atoms with van der Waals surface area (Å²) in [5.74, 6) is -10.3. The molecule has 0 unspecified atom stereocenters. The van der Waals surface area contributed by atoms with Gasteiger partial charge in [0.15, 0.2) is 0 Å². The lowest BCUT2D eigenvalue weighted by atomic mass is 9.97. The normalized spacial score (nSPS) is 15.2. The zero-order chi connectivity index (χ0) is 50.5. The third-order valence-electron chi connectivity index (χ3n) is 9.98. The van der Waals surface area contributed by atoms with Crippen LogP contribution in [-0.2, 0) is 47.9 Å². The van der Waals surface area contributed by atoms with E-state index in [1.165, 1.54) is 0 Å². The molecule has 13 N–H and O–H groups in total. The van der Waals surface area contributed by atoms with Gasteiger partial charge in [-0.2, -0.15) is 0 Å². The van der Waals surface area contributed by atoms with Gasteiger partial charge in [-0.05, 0) is 74.0 Å². The number of carboxylic acids is 2. The number of hydrogen-bond acceptors (Lipinski definition) is 11. The Balaban J connectivity index is 6.45. The molecule has 0 aliphatic carbocycles. The molecule has 0 heterocycles. The highest BCUT2D eigenvalue weighted by Crippen LogP contribution is 2.14. The molecule has 65 heavy (non-hydrogen) atoms. The van der Waals surface area contributed by atoms with Gasteiger partial charge in [0.05, 0.1) is 12.5 Å². The van der Waals surface area contributed by atoms with Crippen LogP contribution in [0, 0.1) is 35.5 Å². The summed E-state index contributed by atoms with van der Waals surface area (Å²) in [7, 11) is 0. The van der Waals surface area contributed by atoms with Gasteiger partial charge in [0.2, 0.25) is 47.3 Å². The van der Waals surface area contributed by atoms with E-state index in [1.807, 2.05) is 27.7 Å². The Hall–Kier alpha value is -5.34. The van der Waals surface area contributed by atoms with Gasteiger partial charge in [-0.25, -0.2) is 4.79 Å². The van der Waals surface area contributed by atoms with Gasteiger partial charge in [-0.3, -0.25) is 43.2 Å². The van der Waals surface area contributed by atoms with E-state index < -0.39 is 120 Å². The summed E-state index contributed by atoms with van der Waals surface area (Å²) < 4.78 is 0. The van der Waals surface area contributed by atoms with Crippen LogP contribution in [0.15, 0.2) is 0 Å². The second kappa shape index (κ2) is 29.2. The van der Waals surface area contributed by atoms with Gasteiger partial charge in [-0.1, -0.05) is 83.1 Å². The Morgan fingerprint density at radius 3 is 1.02 bits per heavy atom.